The Balaban J connectivity index is 1.85. The van der Waals surface area contributed by atoms with Crippen LogP contribution in [0.25, 0.3) is 0 Å². The van der Waals surface area contributed by atoms with E-state index in [1.807, 2.05) is 54.6 Å². The van der Waals surface area contributed by atoms with E-state index >= 15 is 0 Å². The lowest BCUT2D eigenvalue weighted by atomic mass is 9.80. The number of rotatable bonds is 5. The summed E-state index contributed by atoms with van der Waals surface area (Å²) in [7, 11) is 0. The average Bonchev–Trinajstić information content (AvgIpc) is 2.99. The van der Waals surface area contributed by atoms with Gasteiger partial charge in [0.15, 0.2) is 5.78 Å². The van der Waals surface area contributed by atoms with Crippen molar-refractivity contribution in [2.75, 3.05) is 0 Å². The van der Waals surface area contributed by atoms with Gasteiger partial charge in [-0.25, -0.2) is 0 Å². The standard InChI is InChI=1S/C20H19BrO2/c21-16-11-9-15(10-12-16)20(23)13-18(14-5-2-1-3-6-14)17-7-4-8-19(17)22/h1-3,5-6,9-12,17-18H,4,7-8,13H2/t17-,18+/m0/s1. The topological polar surface area (TPSA) is 34.1 Å². The molecule has 1 aliphatic carbocycles. The molecule has 0 heterocycles. The molecule has 0 N–H and O–H groups in total. The summed E-state index contributed by atoms with van der Waals surface area (Å²) >= 11 is 3.39. The van der Waals surface area contributed by atoms with Gasteiger partial charge in [0.25, 0.3) is 0 Å². The first kappa shape index (κ1) is 16.1. The monoisotopic (exact) mass is 370 g/mol. The third kappa shape index (κ3) is 3.78. The summed E-state index contributed by atoms with van der Waals surface area (Å²) in [6.45, 7) is 0. The van der Waals surface area contributed by atoms with Gasteiger partial charge in [-0.2, -0.15) is 0 Å². The Labute approximate surface area is 145 Å². The first-order chi connectivity index (χ1) is 11.1. The lowest BCUT2D eigenvalue weighted by Gasteiger charge is -2.22. The third-order valence-electron chi connectivity index (χ3n) is 4.64. The van der Waals surface area contributed by atoms with Gasteiger partial charge in [0, 0.05) is 34.7 Å². The number of Topliss-reactive ketones (excluding diaryl/α,β-unsaturated/α-hetero) is 2. The Morgan fingerprint density at radius 1 is 1.09 bits per heavy atom. The molecule has 0 unspecified atom stereocenters. The van der Waals surface area contributed by atoms with Crippen LogP contribution in [0, 0.1) is 5.92 Å². The number of halogens is 1. The van der Waals surface area contributed by atoms with Crippen molar-refractivity contribution in [2.45, 2.75) is 31.6 Å². The second-order valence-corrected chi connectivity index (χ2v) is 7.03. The number of hydrogen-bond donors (Lipinski definition) is 0. The molecule has 1 aliphatic rings. The fourth-order valence-electron chi connectivity index (χ4n) is 3.41. The molecule has 0 aromatic heterocycles. The molecular weight excluding hydrogens is 352 g/mol. The van der Waals surface area contributed by atoms with Crippen LogP contribution in [0.4, 0.5) is 0 Å². The highest BCUT2D eigenvalue weighted by molar-refractivity contribution is 9.10. The van der Waals surface area contributed by atoms with Crippen molar-refractivity contribution in [3.05, 3.63) is 70.2 Å². The molecule has 1 saturated carbocycles. The molecule has 3 heteroatoms. The lowest BCUT2D eigenvalue weighted by molar-refractivity contribution is -0.121. The summed E-state index contributed by atoms with van der Waals surface area (Å²) in [5.41, 5.74) is 1.80. The predicted molar refractivity (Wildman–Crippen MR) is 94.6 cm³/mol. The first-order valence-electron chi connectivity index (χ1n) is 8.01. The number of ketones is 2. The van der Waals surface area contributed by atoms with Crippen LogP contribution >= 0.6 is 15.9 Å². The van der Waals surface area contributed by atoms with Gasteiger partial charge in [0.2, 0.25) is 0 Å². The zero-order valence-electron chi connectivity index (χ0n) is 12.9. The second-order valence-electron chi connectivity index (χ2n) is 6.12. The van der Waals surface area contributed by atoms with E-state index < -0.39 is 0 Å². The van der Waals surface area contributed by atoms with E-state index in [2.05, 4.69) is 15.9 Å². The Bertz CT molecular complexity index is 691. The summed E-state index contributed by atoms with van der Waals surface area (Å²) in [4.78, 5) is 24.9. The molecular formula is C20H19BrO2. The van der Waals surface area contributed by atoms with Gasteiger partial charge in [0.05, 0.1) is 0 Å². The molecule has 0 bridgehead atoms. The lowest BCUT2D eigenvalue weighted by Crippen LogP contribution is -2.20. The fourth-order valence-corrected chi connectivity index (χ4v) is 3.68. The average molecular weight is 371 g/mol. The minimum Gasteiger partial charge on any atom is -0.299 e. The van der Waals surface area contributed by atoms with Crippen molar-refractivity contribution in [1.29, 1.82) is 0 Å². The minimum atomic E-state index is -0.0169. The molecule has 3 rings (SSSR count). The zero-order chi connectivity index (χ0) is 16.2. The van der Waals surface area contributed by atoms with E-state index in [0.717, 1.165) is 22.9 Å². The molecule has 0 saturated heterocycles. The first-order valence-corrected chi connectivity index (χ1v) is 8.81. The number of carbonyl (C=O) groups excluding carboxylic acids is 2. The van der Waals surface area contributed by atoms with E-state index in [0.29, 0.717) is 24.2 Å². The fraction of sp³-hybridized carbons (Fsp3) is 0.300. The van der Waals surface area contributed by atoms with Crippen molar-refractivity contribution < 1.29 is 9.59 Å². The van der Waals surface area contributed by atoms with E-state index in [1.165, 1.54) is 0 Å². The number of benzene rings is 2. The third-order valence-corrected chi connectivity index (χ3v) is 5.17. The largest absolute Gasteiger partial charge is 0.299 e. The molecule has 23 heavy (non-hydrogen) atoms. The van der Waals surface area contributed by atoms with Crippen molar-refractivity contribution in [3.8, 4) is 0 Å². The van der Waals surface area contributed by atoms with Crippen LogP contribution in [0.15, 0.2) is 59.1 Å². The van der Waals surface area contributed by atoms with Gasteiger partial charge >= 0.3 is 0 Å². The van der Waals surface area contributed by atoms with E-state index in [1.54, 1.807) is 0 Å². The maximum absolute atomic E-state index is 12.7. The van der Waals surface area contributed by atoms with Crippen molar-refractivity contribution in [2.24, 2.45) is 5.92 Å². The maximum atomic E-state index is 12.7. The van der Waals surface area contributed by atoms with Gasteiger partial charge in [-0.3, -0.25) is 9.59 Å². The Kier molecular flexibility index (Phi) is 5.06. The highest BCUT2D eigenvalue weighted by atomic mass is 79.9. The van der Waals surface area contributed by atoms with Gasteiger partial charge in [-0.05, 0) is 30.5 Å². The molecule has 2 nitrogen and oxygen atoms in total. The Hall–Kier alpha value is -1.74. The molecule has 2 atom stereocenters. The molecule has 0 radical (unpaired) electrons. The van der Waals surface area contributed by atoms with E-state index in [9.17, 15) is 9.59 Å². The van der Waals surface area contributed by atoms with Gasteiger partial charge < -0.3 is 0 Å². The van der Waals surface area contributed by atoms with Crippen LogP contribution in [-0.4, -0.2) is 11.6 Å². The highest BCUT2D eigenvalue weighted by Crippen LogP contribution is 2.38. The van der Waals surface area contributed by atoms with E-state index in [4.69, 9.17) is 0 Å². The molecule has 0 spiro atoms. The quantitative estimate of drug-likeness (QED) is 0.679. The number of carbonyl (C=O) groups is 2. The maximum Gasteiger partial charge on any atom is 0.163 e. The molecule has 1 fully saturated rings. The molecule has 2 aromatic carbocycles. The zero-order valence-corrected chi connectivity index (χ0v) is 14.5. The Morgan fingerprint density at radius 3 is 2.39 bits per heavy atom. The smallest absolute Gasteiger partial charge is 0.163 e. The molecule has 0 amide bonds. The Morgan fingerprint density at radius 2 is 1.78 bits per heavy atom. The normalized spacial score (nSPS) is 18.8. The van der Waals surface area contributed by atoms with Crippen molar-refractivity contribution >= 4 is 27.5 Å². The van der Waals surface area contributed by atoms with Crippen LogP contribution in [-0.2, 0) is 4.79 Å². The summed E-state index contributed by atoms with van der Waals surface area (Å²) in [6, 6.07) is 17.4. The summed E-state index contributed by atoms with van der Waals surface area (Å²) in [5, 5.41) is 0. The van der Waals surface area contributed by atoms with Crippen LogP contribution < -0.4 is 0 Å². The van der Waals surface area contributed by atoms with E-state index in [-0.39, 0.29) is 17.6 Å². The molecule has 118 valence electrons. The molecule has 2 aromatic rings. The van der Waals surface area contributed by atoms with Crippen molar-refractivity contribution in [1.82, 2.24) is 0 Å². The second kappa shape index (κ2) is 7.22. The minimum absolute atomic E-state index is 0.0117. The van der Waals surface area contributed by atoms with Crippen molar-refractivity contribution in [3.63, 3.8) is 0 Å². The summed E-state index contributed by atoms with van der Waals surface area (Å²) in [6.07, 6.45) is 2.88. The summed E-state index contributed by atoms with van der Waals surface area (Å²) < 4.78 is 0.958. The van der Waals surface area contributed by atoms with Crippen LogP contribution in [0.2, 0.25) is 0 Å². The predicted octanol–water partition coefficient (Wildman–Crippen LogP) is 5.17. The summed E-state index contributed by atoms with van der Waals surface area (Å²) in [5.74, 6) is 0.382. The SMILES string of the molecule is O=C(C[C@H](c1ccccc1)[C@@H]1CCCC1=O)c1ccc(Br)cc1. The number of hydrogen-bond acceptors (Lipinski definition) is 2. The highest BCUT2D eigenvalue weighted by Gasteiger charge is 2.34. The van der Waals surface area contributed by atoms with Gasteiger partial charge in [0.1, 0.15) is 5.78 Å². The van der Waals surface area contributed by atoms with Crippen LogP contribution in [0.3, 0.4) is 0 Å². The van der Waals surface area contributed by atoms with Crippen LogP contribution in [0.5, 0.6) is 0 Å². The van der Waals surface area contributed by atoms with Gasteiger partial charge in [-0.1, -0.05) is 58.4 Å². The van der Waals surface area contributed by atoms with Gasteiger partial charge in [-0.15, -0.1) is 0 Å². The van der Waals surface area contributed by atoms with Crippen LogP contribution in [0.1, 0.15) is 47.5 Å². The molecule has 0 aliphatic heterocycles.